The van der Waals surface area contributed by atoms with Crippen molar-refractivity contribution >= 4 is 0 Å². The van der Waals surface area contributed by atoms with Gasteiger partial charge in [-0.25, -0.2) is 0 Å². The minimum Gasteiger partial charge on any atom is -0.316 e. The SMILES string of the molecule is CCN1CCC(CNCC(c2ccccc2)C(C)C)CC1. The molecule has 0 radical (unpaired) electrons. The Labute approximate surface area is 130 Å². The third-order valence-electron chi connectivity index (χ3n) is 4.98. The van der Waals surface area contributed by atoms with Gasteiger partial charge in [0.05, 0.1) is 0 Å². The van der Waals surface area contributed by atoms with E-state index in [1.54, 1.807) is 0 Å². The summed E-state index contributed by atoms with van der Waals surface area (Å²) in [5.41, 5.74) is 1.47. The van der Waals surface area contributed by atoms with Crippen molar-refractivity contribution in [3.05, 3.63) is 35.9 Å². The topological polar surface area (TPSA) is 15.3 Å². The molecule has 21 heavy (non-hydrogen) atoms. The Morgan fingerprint density at radius 2 is 1.81 bits per heavy atom. The number of nitrogens with one attached hydrogen (secondary N) is 1. The minimum atomic E-state index is 0.627. The van der Waals surface area contributed by atoms with E-state index < -0.39 is 0 Å². The number of nitrogens with zero attached hydrogens (tertiary/aromatic N) is 1. The Balaban J connectivity index is 1.76. The molecule has 0 saturated carbocycles. The van der Waals surface area contributed by atoms with Gasteiger partial charge in [0.25, 0.3) is 0 Å². The van der Waals surface area contributed by atoms with Gasteiger partial charge in [0, 0.05) is 6.54 Å². The molecule has 118 valence electrons. The highest BCUT2D eigenvalue weighted by atomic mass is 15.1. The van der Waals surface area contributed by atoms with Gasteiger partial charge in [0.15, 0.2) is 0 Å². The number of piperidine rings is 1. The van der Waals surface area contributed by atoms with Crippen LogP contribution in [0.2, 0.25) is 0 Å². The van der Waals surface area contributed by atoms with Crippen molar-refractivity contribution in [1.82, 2.24) is 10.2 Å². The van der Waals surface area contributed by atoms with Crippen LogP contribution < -0.4 is 5.32 Å². The predicted molar refractivity (Wildman–Crippen MR) is 91.7 cm³/mol. The van der Waals surface area contributed by atoms with E-state index in [-0.39, 0.29) is 0 Å². The third-order valence-corrected chi connectivity index (χ3v) is 4.98. The number of hydrogen-bond acceptors (Lipinski definition) is 2. The van der Waals surface area contributed by atoms with Gasteiger partial charge in [-0.05, 0) is 62.3 Å². The molecule has 1 fully saturated rings. The van der Waals surface area contributed by atoms with Gasteiger partial charge in [-0.1, -0.05) is 51.1 Å². The van der Waals surface area contributed by atoms with Gasteiger partial charge in [-0.3, -0.25) is 0 Å². The zero-order valence-electron chi connectivity index (χ0n) is 14.0. The smallest absolute Gasteiger partial charge is 0.00227 e. The summed E-state index contributed by atoms with van der Waals surface area (Å²) in [6, 6.07) is 11.0. The molecule has 2 nitrogen and oxygen atoms in total. The molecule has 0 bridgehead atoms. The lowest BCUT2D eigenvalue weighted by molar-refractivity contribution is 0.189. The van der Waals surface area contributed by atoms with Crippen LogP contribution in [0.1, 0.15) is 45.1 Å². The third kappa shape index (κ3) is 5.12. The first kappa shape index (κ1) is 16.5. The van der Waals surface area contributed by atoms with Crippen LogP contribution in [0.15, 0.2) is 30.3 Å². The molecule has 1 unspecified atom stereocenters. The molecule has 1 aromatic rings. The molecule has 2 rings (SSSR count). The van der Waals surface area contributed by atoms with Gasteiger partial charge in [-0.15, -0.1) is 0 Å². The van der Waals surface area contributed by atoms with Crippen LogP contribution >= 0.6 is 0 Å². The molecule has 1 aromatic carbocycles. The second-order valence-corrected chi connectivity index (χ2v) is 6.80. The molecule has 0 aliphatic carbocycles. The standard InChI is InChI=1S/C19H32N2/c1-4-21-12-10-17(11-13-21)14-20-15-19(16(2)3)18-8-6-5-7-9-18/h5-9,16-17,19-20H,4,10-15H2,1-3H3. The highest BCUT2D eigenvalue weighted by molar-refractivity contribution is 5.20. The summed E-state index contributed by atoms with van der Waals surface area (Å²) in [5.74, 6) is 2.18. The molecular formula is C19H32N2. The zero-order valence-corrected chi connectivity index (χ0v) is 14.0. The van der Waals surface area contributed by atoms with E-state index in [2.05, 4.69) is 61.3 Å². The van der Waals surface area contributed by atoms with Gasteiger partial charge < -0.3 is 10.2 Å². The first-order valence-corrected chi connectivity index (χ1v) is 8.68. The van der Waals surface area contributed by atoms with Crippen molar-refractivity contribution in [1.29, 1.82) is 0 Å². The first-order valence-electron chi connectivity index (χ1n) is 8.68. The number of benzene rings is 1. The molecule has 1 heterocycles. The van der Waals surface area contributed by atoms with E-state index in [0.29, 0.717) is 11.8 Å². The van der Waals surface area contributed by atoms with Crippen LogP contribution in [0.4, 0.5) is 0 Å². The minimum absolute atomic E-state index is 0.627. The van der Waals surface area contributed by atoms with E-state index in [1.165, 1.54) is 44.6 Å². The molecule has 0 amide bonds. The molecule has 1 N–H and O–H groups in total. The van der Waals surface area contributed by atoms with Crippen molar-refractivity contribution in [3.63, 3.8) is 0 Å². The number of likely N-dealkylation sites (tertiary alicyclic amines) is 1. The quantitative estimate of drug-likeness (QED) is 0.822. The van der Waals surface area contributed by atoms with Crippen molar-refractivity contribution in [3.8, 4) is 0 Å². The van der Waals surface area contributed by atoms with Gasteiger partial charge in [-0.2, -0.15) is 0 Å². The molecule has 0 spiro atoms. The zero-order chi connectivity index (χ0) is 15.1. The Morgan fingerprint density at radius 1 is 1.14 bits per heavy atom. The molecular weight excluding hydrogens is 256 g/mol. The van der Waals surface area contributed by atoms with Crippen molar-refractivity contribution in [2.45, 2.75) is 39.5 Å². The molecule has 1 aliphatic rings. The lowest BCUT2D eigenvalue weighted by Crippen LogP contribution is -2.38. The van der Waals surface area contributed by atoms with E-state index in [0.717, 1.165) is 12.5 Å². The van der Waals surface area contributed by atoms with E-state index in [1.807, 2.05) is 0 Å². The summed E-state index contributed by atoms with van der Waals surface area (Å²) >= 11 is 0. The first-order chi connectivity index (χ1) is 10.2. The Bertz CT molecular complexity index is 380. The highest BCUT2D eigenvalue weighted by Crippen LogP contribution is 2.23. The number of hydrogen-bond donors (Lipinski definition) is 1. The van der Waals surface area contributed by atoms with Gasteiger partial charge in [0.1, 0.15) is 0 Å². The van der Waals surface area contributed by atoms with Crippen LogP contribution in [0.3, 0.4) is 0 Å². The predicted octanol–water partition coefficient (Wildman–Crippen LogP) is 3.75. The second kappa shape index (κ2) is 8.55. The van der Waals surface area contributed by atoms with Crippen LogP contribution in [-0.4, -0.2) is 37.6 Å². The van der Waals surface area contributed by atoms with Gasteiger partial charge in [0.2, 0.25) is 0 Å². The van der Waals surface area contributed by atoms with Crippen LogP contribution in [0.5, 0.6) is 0 Å². The summed E-state index contributed by atoms with van der Waals surface area (Å²) in [6.07, 6.45) is 2.72. The van der Waals surface area contributed by atoms with E-state index in [9.17, 15) is 0 Å². The lowest BCUT2D eigenvalue weighted by atomic mass is 9.88. The Kier molecular flexibility index (Phi) is 6.72. The summed E-state index contributed by atoms with van der Waals surface area (Å²) in [7, 11) is 0. The molecule has 0 aromatic heterocycles. The van der Waals surface area contributed by atoms with Crippen molar-refractivity contribution < 1.29 is 0 Å². The Morgan fingerprint density at radius 3 is 2.38 bits per heavy atom. The largest absolute Gasteiger partial charge is 0.316 e. The second-order valence-electron chi connectivity index (χ2n) is 6.80. The molecule has 1 saturated heterocycles. The highest BCUT2D eigenvalue weighted by Gasteiger charge is 2.19. The summed E-state index contributed by atoms with van der Waals surface area (Å²) in [4.78, 5) is 2.57. The normalized spacial score (nSPS) is 19.0. The molecule has 1 atom stereocenters. The lowest BCUT2D eigenvalue weighted by Gasteiger charge is -2.31. The van der Waals surface area contributed by atoms with Crippen LogP contribution in [0, 0.1) is 11.8 Å². The maximum absolute atomic E-state index is 3.75. The van der Waals surface area contributed by atoms with Crippen molar-refractivity contribution in [2.75, 3.05) is 32.7 Å². The van der Waals surface area contributed by atoms with Crippen molar-refractivity contribution in [2.24, 2.45) is 11.8 Å². The van der Waals surface area contributed by atoms with Crippen LogP contribution in [-0.2, 0) is 0 Å². The maximum Gasteiger partial charge on any atom is 0.00227 e. The van der Waals surface area contributed by atoms with E-state index in [4.69, 9.17) is 0 Å². The van der Waals surface area contributed by atoms with Crippen LogP contribution in [0.25, 0.3) is 0 Å². The van der Waals surface area contributed by atoms with Gasteiger partial charge >= 0.3 is 0 Å². The average molecular weight is 288 g/mol. The maximum atomic E-state index is 3.75. The summed E-state index contributed by atoms with van der Waals surface area (Å²) in [6.45, 7) is 13.0. The fraction of sp³-hybridized carbons (Fsp3) is 0.684. The molecule has 2 heteroatoms. The average Bonchev–Trinajstić information content (AvgIpc) is 2.52. The van der Waals surface area contributed by atoms with E-state index >= 15 is 0 Å². The summed E-state index contributed by atoms with van der Waals surface area (Å²) in [5, 5.41) is 3.75. The Hall–Kier alpha value is -0.860. The monoisotopic (exact) mass is 288 g/mol. The fourth-order valence-corrected chi connectivity index (χ4v) is 3.39. The number of rotatable bonds is 7. The summed E-state index contributed by atoms with van der Waals surface area (Å²) < 4.78 is 0. The fourth-order valence-electron chi connectivity index (χ4n) is 3.39. The molecule has 1 aliphatic heterocycles.